The molecule has 1 heterocycles. The SMILES string of the molecule is CC(O)CC(C)Nc1nc(C(C)C)ns1. The van der Waals surface area contributed by atoms with Gasteiger partial charge in [-0.2, -0.15) is 4.37 Å². The minimum absolute atomic E-state index is 0.220. The molecule has 0 aliphatic rings. The van der Waals surface area contributed by atoms with Crippen molar-refractivity contribution < 1.29 is 5.11 Å². The van der Waals surface area contributed by atoms with Gasteiger partial charge in [0.1, 0.15) is 5.82 Å². The summed E-state index contributed by atoms with van der Waals surface area (Å²) in [6.45, 7) is 7.97. The van der Waals surface area contributed by atoms with Crippen LogP contribution >= 0.6 is 11.5 Å². The monoisotopic (exact) mass is 229 g/mol. The Labute approximate surface area is 94.9 Å². The number of aliphatic hydroxyl groups excluding tert-OH is 1. The van der Waals surface area contributed by atoms with Crippen LogP contribution in [-0.4, -0.2) is 26.6 Å². The van der Waals surface area contributed by atoms with Gasteiger partial charge in [0.05, 0.1) is 6.10 Å². The molecule has 1 rings (SSSR count). The van der Waals surface area contributed by atoms with E-state index in [9.17, 15) is 5.11 Å². The van der Waals surface area contributed by atoms with Gasteiger partial charge in [0, 0.05) is 23.5 Å². The van der Waals surface area contributed by atoms with Gasteiger partial charge in [-0.05, 0) is 20.3 Å². The maximum Gasteiger partial charge on any atom is 0.202 e. The fourth-order valence-corrected chi connectivity index (χ4v) is 2.13. The van der Waals surface area contributed by atoms with E-state index in [1.165, 1.54) is 11.5 Å². The molecule has 2 N–H and O–H groups in total. The van der Waals surface area contributed by atoms with Crippen molar-refractivity contribution in [2.24, 2.45) is 0 Å². The minimum Gasteiger partial charge on any atom is -0.393 e. The van der Waals surface area contributed by atoms with E-state index in [4.69, 9.17) is 0 Å². The van der Waals surface area contributed by atoms with E-state index >= 15 is 0 Å². The Morgan fingerprint density at radius 3 is 2.47 bits per heavy atom. The van der Waals surface area contributed by atoms with Crippen molar-refractivity contribution in [1.82, 2.24) is 9.36 Å². The number of aliphatic hydroxyl groups is 1. The second-order valence-electron chi connectivity index (χ2n) is 4.24. The van der Waals surface area contributed by atoms with Gasteiger partial charge < -0.3 is 10.4 Å². The molecule has 0 radical (unpaired) electrons. The number of hydrogen-bond donors (Lipinski definition) is 2. The molecular formula is C10H19N3OS. The highest BCUT2D eigenvalue weighted by Crippen LogP contribution is 2.18. The Morgan fingerprint density at radius 1 is 1.33 bits per heavy atom. The second kappa shape index (κ2) is 5.42. The molecule has 15 heavy (non-hydrogen) atoms. The lowest BCUT2D eigenvalue weighted by molar-refractivity contribution is 0.179. The van der Waals surface area contributed by atoms with E-state index in [0.717, 1.165) is 17.4 Å². The molecule has 86 valence electrons. The fourth-order valence-electron chi connectivity index (χ4n) is 1.31. The van der Waals surface area contributed by atoms with E-state index < -0.39 is 0 Å². The van der Waals surface area contributed by atoms with Gasteiger partial charge in [-0.1, -0.05) is 13.8 Å². The molecule has 5 heteroatoms. The van der Waals surface area contributed by atoms with E-state index in [1.807, 2.05) is 6.92 Å². The first-order chi connectivity index (χ1) is 6.99. The summed E-state index contributed by atoms with van der Waals surface area (Å²) in [5.41, 5.74) is 0. The Balaban J connectivity index is 2.49. The molecule has 1 aromatic heterocycles. The number of aromatic nitrogens is 2. The van der Waals surface area contributed by atoms with Crippen LogP contribution in [0.4, 0.5) is 5.13 Å². The number of nitrogens with zero attached hydrogens (tertiary/aromatic N) is 2. The van der Waals surface area contributed by atoms with E-state index in [2.05, 4.69) is 28.5 Å². The highest BCUT2D eigenvalue weighted by atomic mass is 32.1. The summed E-state index contributed by atoms with van der Waals surface area (Å²) in [7, 11) is 0. The smallest absolute Gasteiger partial charge is 0.202 e. The van der Waals surface area contributed by atoms with Gasteiger partial charge in [-0.15, -0.1) is 0 Å². The van der Waals surface area contributed by atoms with Crippen molar-refractivity contribution in [1.29, 1.82) is 0 Å². The van der Waals surface area contributed by atoms with Crippen molar-refractivity contribution >= 4 is 16.7 Å². The van der Waals surface area contributed by atoms with Gasteiger partial charge in [-0.25, -0.2) is 4.98 Å². The Hall–Kier alpha value is -0.680. The van der Waals surface area contributed by atoms with Crippen LogP contribution in [0.1, 0.15) is 45.9 Å². The molecule has 0 bridgehead atoms. The predicted octanol–water partition coefficient (Wildman–Crippen LogP) is 2.23. The van der Waals surface area contributed by atoms with Crippen molar-refractivity contribution in [3.63, 3.8) is 0 Å². The standard InChI is InChI=1S/C10H19N3OS/c1-6(2)9-12-10(15-13-9)11-7(3)5-8(4)14/h6-8,14H,5H2,1-4H3,(H,11,12,13). The fraction of sp³-hybridized carbons (Fsp3) is 0.800. The third-order valence-electron chi connectivity index (χ3n) is 2.02. The average Bonchev–Trinajstić information content (AvgIpc) is 2.50. The van der Waals surface area contributed by atoms with Crippen LogP contribution < -0.4 is 5.32 Å². The van der Waals surface area contributed by atoms with Gasteiger partial charge in [-0.3, -0.25) is 0 Å². The molecule has 2 unspecified atom stereocenters. The lowest BCUT2D eigenvalue weighted by Gasteiger charge is -2.13. The van der Waals surface area contributed by atoms with Gasteiger partial charge in [0.2, 0.25) is 5.13 Å². The zero-order valence-corrected chi connectivity index (χ0v) is 10.5. The summed E-state index contributed by atoms with van der Waals surface area (Å²) in [4.78, 5) is 4.37. The van der Waals surface area contributed by atoms with E-state index in [-0.39, 0.29) is 12.1 Å². The summed E-state index contributed by atoms with van der Waals surface area (Å²) in [5, 5.41) is 13.3. The number of anilines is 1. The lowest BCUT2D eigenvalue weighted by atomic mass is 10.2. The first kappa shape index (κ1) is 12.4. The topological polar surface area (TPSA) is 58.0 Å². The van der Waals surface area contributed by atoms with Crippen molar-refractivity contribution in [3.8, 4) is 0 Å². The van der Waals surface area contributed by atoms with E-state index in [1.54, 1.807) is 6.92 Å². The third kappa shape index (κ3) is 4.13. The van der Waals surface area contributed by atoms with Crippen molar-refractivity contribution in [2.75, 3.05) is 5.32 Å². The Morgan fingerprint density at radius 2 is 2.00 bits per heavy atom. The molecule has 0 aliphatic heterocycles. The van der Waals surface area contributed by atoms with Crippen LogP contribution in [-0.2, 0) is 0 Å². The molecule has 2 atom stereocenters. The zero-order chi connectivity index (χ0) is 11.4. The molecular weight excluding hydrogens is 210 g/mol. The van der Waals surface area contributed by atoms with Crippen LogP contribution in [0.25, 0.3) is 0 Å². The Bertz CT molecular complexity index is 299. The van der Waals surface area contributed by atoms with Crippen LogP contribution in [0.2, 0.25) is 0 Å². The third-order valence-corrected chi connectivity index (χ3v) is 2.68. The zero-order valence-electron chi connectivity index (χ0n) is 9.69. The molecule has 0 aromatic carbocycles. The molecule has 1 aromatic rings. The molecule has 0 saturated carbocycles. The largest absolute Gasteiger partial charge is 0.393 e. The maximum atomic E-state index is 9.22. The minimum atomic E-state index is -0.287. The van der Waals surface area contributed by atoms with E-state index in [0.29, 0.717) is 5.92 Å². The van der Waals surface area contributed by atoms with Crippen molar-refractivity contribution in [3.05, 3.63) is 5.82 Å². The summed E-state index contributed by atoms with van der Waals surface area (Å²) in [6, 6.07) is 0.220. The molecule has 4 nitrogen and oxygen atoms in total. The summed E-state index contributed by atoms with van der Waals surface area (Å²) in [6.07, 6.45) is 0.432. The molecule has 0 amide bonds. The molecule has 0 aliphatic carbocycles. The quantitative estimate of drug-likeness (QED) is 0.813. The van der Waals surface area contributed by atoms with Gasteiger partial charge in [0.25, 0.3) is 0 Å². The molecule has 0 saturated heterocycles. The summed E-state index contributed by atoms with van der Waals surface area (Å²) >= 11 is 1.38. The molecule has 0 fully saturated rings. The Kier molecular flexibility index (Phi) is 4.47. The lowest BCUT2D eigenvalue weighted by Crippen LogP contribution is -2.20. The molecule has 0 spiro atoms. The number of rotatable bonds is 5. The maximum absolute atomic E-state index is 9.22. The highest BCUT2D eigenvalue weighted by Gasteiger charge is 2.11. The second-order valence-corrected chi connectivity index (χ2v) is 4.99. The van der Waals surface area contributed by atoms with Crippen LogP contribution in [0.3, 0.4) is 0 Å². The summed E-state index contributed by atoms with van der Waals surface area (Å²) in [5.74, 6) is 1.25. The van der Waals surface area contributed by atoms with Crippen LogP contribution in [0.5, 0.6) is 0 Å². The highest BCUT2D eigenvalue weighted by molar-refractivity contribution is 7.09. The normalized spacial score (nSPS) is 15.3. The van der Waals surface area contributed by atoms with Crippen molar-refractivity contribution in [2.45, 2.75) is 52.2 Å². The number of hydrogen-bond acceptors (Lipinski definition) is 5. The van der Waals surface area contributed by atoms with Gasteiger partial charge in [0.15, 0.2) is 0 Å². The number of nitrogens with one attached hydrogen (secondary N) is 1. The predicted molar refractivity (Wildman–Crippen MR) is 63.4 cm³/mol. The van der Waals surface area contributed by atoms with Gasteiger partial charge >= 0.3 is 0 Å². The summed E-state index contributed by atoms with van der Waals surface area (Å²) < 4.78 is 4.25. The first-order valence-corrected chi connectivity index (χ1v) is 6.04. The first-order valence-electron chi connectivity index (χ1n) is 5.27. The average molecular weight is 229 g/mol. The van der Waals surface area contributed by atoms with Crippen LogP contribution in [0, 0.1) is 0 Å². The van der Waals surface area contributed by atoms with Crippen LogP contribution in [0.15, 0.2) is 0 Å².